The van der Waals surface area contributed by atoms with E-state index in [2.05, 4.69) is 34.7 Å². The van der Waals surface area contributed by atoms with Gasteiger partial charge in [0.15, 0.2) is 0 Å². The molecule has 0 aromatic heterocycles. The molecule has 0 aliphatic heterocycles. The van der Waals surface area contributed by atoms with E-state index in [4.69, 9.17) is 4.74 Å². The molecule has 3 rings (SSSR count). The van der Waals surface area contributed by atoms with Crippen LogP contribution in [0.4, 0.5) is 17.1 Å². The van der Waals surface area contributed by atoms with E-state index in [-0.39, 0.29) is 11.8 Å². The van der Waals surface area contributed by atoms with Crippen molar-refractivity contribution in [2.24, 2.45) is 0 Å². The minimum Gasteiger partial charge on any atom is -0.497 e. The van der Waals surface area contributed by atoms with E-state index in [0.29, 0.717) is 29.1 Å². The SMILES string of the molecule is CCN(CC)CCCNC(=O)c1ccc(Nc2cccc(NC(=O)c3cccc(OC)c3)c2)cc1. The van der Waals surface area contributed by atoms with Crippen molar-refractivity contribution in [3.63, 3.8) is 0 Å². The predicted molar refractivity (Wildman–Crippen MR) is 142 cm³/mol. The van der Waals surface area contributed by atoms with Crippen molar-refractivity contribution >= 4 is 28.9 Å². The van der Waals surface area contributed by atoms with Gasteiger partial charge in [-0.2, -0.15) is 0 Å². The molecule has 7 nitrogen and oxygen atoms in total. The summed E-state index contributed by atoms with van der Waals surface area (Å²) in [5, 5.41) is 9.20. The van der Waals surface area contributed by atoms with Crippen molar-refractivity contribution in [3.05, 3.63) is 83.9 Å². The van der Waals surface area contributed by atoms with Crippen LogP contribution in [0.25, 0.3) is 0 Å². The van der Waals surface area contributed by atoms with E-state index in [1.807, 2.05) is 36.4 Å². The quantitative estimate of drug-likeness (QED) is 0.316. The molecule has 0 aliphatic rings. The Balaban J connectivity index is 1.53. The summed E-state index contributed by atoms with van der Waals surface area (Å²) in [7, 11) is 1.57. The number of anilines is 3. The Labute approximate surface area is 207 Å². The first-order chi connectivity index (χ1) is 17.0. The van der Waals surface area contributed by atoms with Gasteiger partial charge in [0.25, 0.3) is 11.8 Å². The third-order valence-corrected chi connectivity index (χ3v) is 5.72. The van der Waals surface area contributed by atoms with Crippen LogP contribution in [0.2, 0.25) is 0 Å². The van der Waals surface area contributed by atoms with E-state index >= 15 is 0 Å². The lowest BCUT2D eigenvalue weighted by Gasteiger charge is -2.17. The molecule has 184 valence electrons. The number of rotatable bonds is 12. The van der Waals surface area contributed by atoms with Gasteiger partial charge in [-0.25, -0.2) is 0 Å². The summed E-state index contributed by atoms with van der Waals surface area (Å²) in [6, 6.07) is 21.8. The number of nitrogens with one attached hydrogen (secondary N) is 3. The molecule has 35 heavy (non-hydrogen) atoms. The zero-order chi connectivity index (χ0) is 25.0. The van der Waals surface area contributed by atoms with Crippen LogP contribution in [0.1, 0.15) is 41.0 Å². The highest BCUT2D eigenvalue weighted by atomic mass is 16.5. The van der Waals surface area contributed by atoms with Gasteiger partial charge in [0, 0.05) is 34.7 Å². The highest BCUT2D eigenvalue weighted by Crippen LogP contribution is 2.22. The van der Waals surface area contributed by atoms with Gasteiger partial charge in [-0.1, -0.05) is 26.0 Å². The average molecular weight is 475 g/mol. The van der Waals surface area contributed by atoms with Crippen molar-refractivity contribution in [2.75, 3.05) is 43.9 Å². The molecule has 0 atom stereocenters. The maximum Gasteiger partial charge on any atom is 0.255 e. The molecule has 3 aromatic carbocycles. The Hall–Kier alpha value is -3.84. The summed E-state index contributed by atoms with van der Waals surface area (Å²) >= 11 is 0. The highest BCUT2D eigenvalue weighted by Gasteiger charge is 2.09. The van der Waals surface area contributed by atoms with Crippen molar-refractivity contribution in [1.82, 2.24) is 10.2 Å². The van der Waals surface area contributed by atoms with Crippen LogP contribution in [0.5, 0.6) is 5.75 Å². The lowest BCUT2D eigenvalue weighted by atomic mass is 10.1. The van der Waals surface area contributed by atoms with E-state index < -0.39 is 0 Å². The van der Waals surface area contributed by atoms with Gasteiger partial charge in [-0.05, 0) is 86.7 Å². The third-order valence-electron chi connectivity index (χ3n) is 5.72. The van der Waals surface area contributed by atoms with Crippen LogP contribution < -0.4 is 20.7 Å². The number of nitrogens with zero attached hydrogens (tertiary/aromatic N) is 1. The fraction of sp³-hybridized carbons (Fsp3) is 0.286. The molecule has 0 heterocycles. The summed E-state index contributed by atoms with van der Waals surface area (Å²) in [6.07, 6.45) is 0.928. The maximum atomic E-state index is 12.6. The van der Waals surface area contributed by atoms with Crippen molar-refractivity contribution in [2.45, 2.75) is 20.3 Å². The van der Waals surface area contributed by atoms with Crippen molar-refractivity contribution in [1.29, 1.82) is 0 Å². The number of ether oxygens (including phenoxy) is 1. The van der Waals surface area contributed by atoms with Crippen LogP contribution >= 0.6 is 0 Å². The van der Waals surface area contributed by atoms with Crippen LogP contribution in [-0.4, -0.2) is 50.0 Å². The van der Waals surface area contributed by atoms with E-state index in [0.717, 1.165) is 37.4 Å². The van der Waals surface area contributed by atoms with Crippen molar-refractivity contribution in [3.8, 4) is 5.75 Å². The smallest absolute Gasteiger partial charge is 0.255 e. The van der Waals surface area contributed by atoms with Crippen LogP contribution in [-0.2, 0) is 0 Å². The van der Waals surface area contributed by atoms with E-state index in [1.54, 1.807) is 43.5 Å². The Kier molecular flexibility index (Phi) is 9.69. The zero-order valence-corrected chi connectivity index (χ0v) is 20.6. The molecule has 7 heteroatoms. The van der Waals surface area contributed by atoms with E-state index in [9.17, 15) is 9.59 Å². The number of hydrogen-bond donors (Lipinski definition) is 3. The molecule has 3 N–H and O–H groups in total. The summed E-state index contributed by atoms with van der Waals surface area (Å²) in [5.74, 6) is 0.344. The number of amides is 2. The fourth-order valence-electron chi connectivity index (χ4n) is 3.66. The second-order valence-electron chi connectivity index (χ2n) is 8.11. The molecule has 3 aromatic rings. The molecule has 0 saturated heterocycles. The Morgan fingerprint density at radius 2 is 1.51 bits per heavy atom. The molecule has 0 saturated carbocycles. The highest BCUT2D eigenvalue weighted by molar-refractivity contribution is 6.04. The normalized spacial score (nSPS) is 10.6. The fourth-order valence-corrected chi connectivity index (χ4v) is 3.66. The second-order valence-corrected chi connectivity index (χ2v) is 8.11. The average Bonchev–Trinajstić information content (AvgIpc) is 2.89. The topological polar surface area (TPSA) is 82.7 Å². The first kappa shape index (κ1) is 25.8. The minimum atomic E-state index is -0.214. The van der Waals surface area contributed by atoms with Gasteiger partial charge in [0.2, 0.25) is 0 Å². The van der Waals surface area contributed by atoms with Crippen LogP contribution in [0.15, 0.2) is 72.8 Å². The minimum absolute atomic E-state index is 0.0710. The van der Waals surface area contributed by atoms with Gasteiger partial charge in [-0.15, -0.1) is 0 Å². The third kappa shape index (κ3) is 7.86. The Morgan fingerprint density at radius 3 is 2.23 bits per heavy atom. The molecular weight excluding hydrogens is 440 g/mol. The van der Waals surface area contributed by atoms with Gasteiger partial charge < -0.3 is 25.6 Å². The molecule has 0 unspecified atom stereocenters. The molecule has 0 radical (unpaired) electrons. The molecule has 0 bridgehead atoms. The predicted octanol–water partition coefficient (Wildman–Crippen LogP) is 5.15. The standard InChI is InChI=1S/C28H34N4O3/c1-4-32(5-2)18-8-17-29-27(33)21-13-15-23(16-14-21)30-24-10-7-11-25(20-24)31-28(34)22-9-6-12-26(19-22)35-3/h6-7,9-16,19-20,30H,4-5,8,17-18H2,1-3H3,(H,29,33)(H,31,34). The van der Waals surface area contributed by atoms with Crippen LogP contribution in [0.3, 0.4) is 0 Å². The summed E-state index contributed by atoms with van der Waals surface area (Å²) < 4.78 is 5.19. The van der Waals surface area contributed by atoms with Crippen molar-refractivity contribution < 1.29 is 14.3 Å². The molecule has 2 amide bonds. The number of methoxy groups -OCH3 is 1. The first-order valence-corrected chi connectivity index (χ1v) is 12.0. The summed E-state index contributed by atoms with van der Waals surface area (Å²) in [6.45, 7) is 7.98. The molecular formula is C28H34N4O3. The largest absolute Gasteiger partial charge is 0.497 e. The lowest BCUT2D eigenvalue weighted by molar-refractivity contribution is 0.0951. The summed E-state index contributed by atoms with van der Waals surface area (Å²) in [5.41, 5.74) is 3.48. The molecule has 0 spiro atoms. The van der Waals surface area contributed by atoms with Crippen LogP contribution in [0, 0.1) is 0 Å². The number of benzene rings is 3. The number of hydrogen-bond acceptors (Lipinski definition) is 5. The Morgan fingerprint density at radius 1 is 0.800 bits per heavy atom. The monoisotopic (exact) mass is 474 g/mol. The molecule has 0 aliphatic carbocycles. The number of carbonyl (C=O) groups is 2. The lowest BCUT2D eigenvalue weighted by Crippen LogP contribution is -2.29. The van der Waals surface area contributed by atoms with Gasteiger partial charge >= 0.3 is 0 Å². The Bertz CT molecular complexity index is 1110. The number of carbonyl (C=O) groups excluding carboxylic acids is 2. The van der Waals surface area contributed by atoms with Gasteiger partial charge in [0.05, 0.1) is 7.11 Å². The first-order valence-electron chi connectivity index (χ1n) is 12.0. The summed E-state index contributed by atoms with van der Waals surface area (Å²) in [4.78, 5) is 27.3. The maximum absolute atomic E-state index is 12.6. The van der Waals surface area contributed by atoms with Gasteiger partial charge in [0.1, 0.15) is 5.75 Å². The van der Waals surface area contributed by atoms with Gasteiger partial charge in [-0.3, -0.25) is 9.59 Å². The molecule has 0 fully saturated rings. The van der Waals surface area contributed by atoms with E-state index in [1.165, 1.54) is 0 Å². The zero-order valence-electron chi connectivity index (χ0n) is 20.6. The second kappa shape index (κ2) is 13.2.